The number of rotatable bonds is 8. The lowest BCUT2D eigenvalue weighted by atomic mass is 9.92. The van der Waals surface area contributed by atoms with Gasteiger partial charge in [-0.3, -0.25) is 0 Å². The Morgan fingerprint density at radius 3 is 1.90 bits per heavy atom. The van der Waals surface area contributed by atoms with Gasteiger partial charge in [-0.05, 0) is 83.3 Å². The first-order valence-corrected chi connectivity index (χ1v) is 17.3. The van der Waals surface area contributed by atoms with E-state index in [2.05, 4.69) is 136 Å². The Bertz CT molecular complexity index is 2370. The third kappa shape index (κ3) is 6.15. The molecule has 1 atom stereocenters. The second-order valence-electron chi connectivity index (χ2n) is 13.0. The lowest BCUT2D eigenvalue weighted by Gasteiger charge is -2.22. The third-order valence-electron chi connectivity index (χ3n) is 9.53. The van der Waals surface area contributed by atoms with Crippen molar-refractivity contribution in [2.24, 2.45) is 0 Å². The van der Waals surface area contributed by atoms with Gasteiger partial charge in [0.05, 0.1) is 11.4 Å². The number of hydrogen-bond acceptors (Lipinski definition) is 3. The highest BCUT2D eigenvalue weighted by molar-refractivity contribution is 6.13. The van der Waals surface area contributed by atoms with Crippen molar-refractivity contribution in [1.82, 2.24) is 9.97 Å². The van der Waals surface area contributed by atoms with Gasteiger partial charge in [0.25, 0.3) is 0 Å². The SMILES string of the molecule is C=C(C)c1c(O[C@H](C)C2=CCCC=C2)ccc2ccc3cc(-c4ccc(-c5nc(-c6ccccc6)cc(-c6ccccc6)n5)cc4)ccc3c12. The number of aromatic nitrogens is 2. The summed E-state index contributed by atoms with van der Waals surface area (Å²) < 4.78 is 6.62. The molecule has 0 fully saturated rings. The van der Waals surface area contributed by atoms with Crippen LogP contribution in [0.1, 0.15) is 32.3 Å². The first-order valence-electron chi connectivity index (χ1n) is 17.3. The van der Waals surface area contributed by atoms with E-state index >= 15 is 0 Å². The molecule has 0 amide bonds. The molecule has 0 bridgehead atoms. The van der Waals surface area contributed by atoms with Crippen LogP contribution in [0.2, 0.25) is 0 Å². The smallest absolute Gasteiger partial charge is 0.160 e. The molecule has 0 saturated carbocycles. The summed E-state index contributed by atoms with van der Waals surface area (Å²) in [6, 6.07) is 46.7. The molecule has 3 nitrogen and oxygen atoms in total. The maximum Gasteiger partial charge on any atom is 0.160 e. The highest BCUT2D eigenvalue weighted by Crippen LogP contribution is 2.40. The quantitative estimate of drug-likeness (QED) is 0.154. The molecule has 8 rings (SSSR count). The fraction of sp³-hybridized carbons (Fsp3) is 0.106. The lowest BCUT2D eigenvalue weighted by molar-refractivity contribution is 0.260. The molecule has 0 saturated heterocycles. The van der Waals surface area contributed by atoms with Crippen LogP contribution in [0.3, 0.4) is 0 Å². The molecule has 0 aliphatic heterocycles. The molecule has 50 heavy (non-hydrogen) atoms. The van der Waals surface area contributed by atoms with Gasteiger partial charge in [-0.25, -0.2) is 9.97 Å². The van der Waals surface area contributed by atoms with Gasteiger partial charge < -0.3 is 4.74 Å². The Morgan fingerprint density at radius 1 is 0.640 bits per heavy atom. The van der Waals surface area contributed by atoms with Crippen LogP contribution in [0.25, 0.3) is 72.1 Å². The van der Waals surface area contributed by atoms with E-state index in [9.17, 15) is 0 Å². The van der Waals surface area contributed by atoms with Gasteiger partial charge in [0.2, 0.25) is 0 Å². The van der Waals surface area contributed by atoms with Gasteiger partial charge >= 0.3 is 0 Å². The fourth-order valence-electron chi connectivity index (χ4n) is 6.93. The van der Waals surface area contributed by atoms with Crippen molar-refractivity contribution in [2.45, 2.75) is 32.8 Å². The Labute approximate surface area is 294 Å². The van der Waals surface area contributed by atoms with Crippen molar-refractivity contribution >= 4 is 27.1 Å². The molecule has 1 aromatic heterocycles. The lowest BCUT2D eigenvalue weighted by Crippen LogP contribution is -2.15. The maximum absolute atomic E-state index is 6.62. The fourth-order valence-corrected chi connectivity index (χ4v) is 6.93. The van der Waals surface area contributed by atoms with Gasteiger partial charge in [-0.15, -0.1) is 0 Å². The number of ether oxygens (including phenoxy) is 1. The molecule has 1 aliphatic rings. The van der Waals surface area contributed by atoms with E-state index < -0.39 is 0 Å². The summed E-state index contributed by atoms with van der Waals surface area (Å²) in [4.78, 5) is 10.0. The molecular formula is C47H38N2O. The standard InChI is InChI=1S/C47H38N2O/c1-31(2)45-44(50-32(3)33-13-7-4-8-14-33)28-26-37-21-24-40-29-39(25-27-41(40)46(37)45)34-19-22-38(23-20-34)47-48-42(35-15-9-5-10-16-35)30-43(49-47)36-17-11-6-12-18-36/h5-7,9-30,32H,1,4,8H2,2-3H3/t32-/m1/s1. The number of hydrogen-bond donors (Lipinski definition) is 0. The van der Waals surface area contributed by atoms with Crippen molar-refractivity contribution in [3.05, 3.63) is 169 Å². The molecule has 0 spiro atoms. The third-order valence-corrected chi connectivity index (χ3v) is 9.53. The highest BCUT2D eigenvalue weighted by Gasteiger charge is 2.18. The first-order chi connectivity index (χ1) is 24.5. The summed E-state index contributed by atoms with van der Waals surface area (Å²) in [5.41, 5.74) is 10.5. The Balaban J connectivity index is 1.15. The molecule has 0 N–H and O–H groups in total. The number of fused-ring (bicyclic) bond motifs is 3. The topological polar surface area (TPSA) is 35.0 Å². The minimum Gasteiger partial charge on any atom is -0.485 e. The van der Waals surface area contributed by atoms with E-state index in [-0.39, 0.29) is 6.10 Å². The van der Waals surface area contributed by atoms with Crippen LogP contribution in [0.15, 0.2) is 164 Å². The first kappa shape index (κ1) is 31.2. The molecule has 3 heteroatoms. The van der Waals surface area contributed by atoms with Gasteiger partial charge in [-0.2, -0.15) is 0 Å². The number of benzene rings is 6. The average molecular weight is 647 g/mol. The molecule has 7 aromatic rings. The monoisotopic (exact) mass is 646 g/mol. The molecule has 0 unspecified atom stereocenters. The second kappa shape index (κ2) is 13.4. The van der Waals surface area contributed by atoms with Crippen molar-refractivity contribution in [3.8, 4) is 50.8 Å². The minimum absolute atomic E-state index is 0.0391. The van der Waals surface area contributed by atoms with Crippen LogP contribution in [-0.2, 0) is 0 Å². The predicted octanol–water partition coefficient (Wildman–Crippen LogP) is 12.5. The van der Waals surface area contributed by atoms with E-state index in [4.69, 9.17) is 14.7 Å². The summed E-state index contributed by atoms with van der Waals surface area (Å²) in [5.74, 6) is 1.58. The zero-order valence-electron chi connectivity index (χ0n) is 28.4. The summed E-state index contributed by atoms with van der Waals surface area (Å²) in [6.07, 6.45) is 8.82. The predicted molar refractivity (Wildman–Crippen MR) is 210 cm³/mol. The summed E-state index contributed by atoms with van der Waals surface area (Å²) in [5, 5.41) is 4.72. The summed E-state index contributed by atoms with van der Waals surface area (Å²) in [6.45, 7) is 8.59. The van der Waals surface area contributed by atoms with Gasteiger partial charge in [0.1, 0.15) is 11.9 Å². The maximum atomic E-state index is 6.62. The highest BCUT2D eigenvalue weighted by atomic mass is 16.5. The van der Waals surface area contributed by atoms with Gasteiger partial charge in [0, 0.05) is 27.6 Å². The Kier molecular flexibility index (Phi) is 8.40. The molecule has 1 heterocycles. The molecular weight excluding hydrogens is 609 g/mol. The Morgan fingerprint density at radius 2 is 1.26 bits per heavy atom. The Hall–Kier alpha value is -6.06. The van der Waals surface area contributed by atoms with E-state index in [0.717, 1.165) is 68.9 Å². The normalized spacial score (nSPS) is 13.3. The van der Waals surface area contributed by atoms with Crippen LogP contribution in [0.5, 0.6) is 5.75 Å². The summed E-state index contributed by atoms with van der Waals surface area (Å²) in [7, 11) is 0. The van der Waals surface area contributed by atoms with E-state index in [1.165, 1.54) is 27.1 Å². The zero-order chi connectivity index (χ0) is 34.0. The van der Waals surface area contributed by atoms with Crippen LogP contribution < -0.4 is 4.74 Å². The van der Waals surface area contributed by atoms with Crippen LogP contribution in [-0.4, -0.2) is 16.1 Å². The van der Waals surface area contributed by atoms with Crippen LogP contribution in [0, 0.1) is 0 Å². The molecule has 0 radical (unpaired) electrons. The molecule has 6 aromatic carbocycles. The van der Waals surface area contributed by atoms with Crippen LogP contribution in [0.4, 0.5) is 0 Å². The number of allylic oxidation sites excluding steroid dienone is 3. The van der Waals surface area contributed by atoms with Crippen molar-refractivity contribution in [1.29, 1.82) is 0 Å². The van der Waals surface area contributed by atoms with Gasteiger partial charge in [-0.1, -0.05) is 140 Å². The van der Waals surface area contributed by atoms with E-state index in [1.807, 2.05) is 36.4 Å². The molecule has 1 aliphatic carbocycles. The summed E-state index contributed by atoms with van der Waals surface area (Å²) >= 11 is 0. The van der Waals surface area contributed by atoms with E-state index in [1.54, 1.807) is 0 Å². The van der Waals surface area contributed by atoms with Crippen molar-refractivity contribution in [3.63, 3.8) is 0 Å². The van der Waals surface area contributed by atoms with Gasteiger partial charge in [0.15, 0.2) is 5.82 Å². The van der Waals surface area contributed by atoms with Crippen LogP contribution >= 0.6 is 0 Å². The second-order valence-corrected chi connectivity index (χ2v) is 13.0. The number of nitrogens with zero attached hydrogens (tertiary/aromatic N) is 2. The largest absolute Gasteiger partial charge is 0.485 e. The zero-order valence-corrected chi connectivity index (χ0v) is 28.4. The van der Waals surface area contributed by atoms with Crippen molar-refractivity contribution < 1.29 is 4.74 Å². The van der Waals surface area contributed by atoms with E-state index in [0.29, 0.717) is 5.82 Å². The minimum atomic E-state index is -0.0391. The molecule has 242 valence electrons. The van der Waals surface area contributed by atoms with Crippen molar-refractivity contribution in [2.75, 3.05) is 0 Å². The average Bonchev–Trinajstić information content (AvgIpc) is 3.18.